The fraction of sp³-hybridized carbons (Fsp3) is 0.933. The van der Waals surface area contributed by atoms with Crippen molar-refractivity contribution in [2.45, 2.75) is 56.8 Å². The van der Waals surface area contributed by atoms with E-state index in [4.69, 9.17) is 23.6 Å². The molecule has 1 heterocycles. The third-order valence-electron chi connectivity index (χ3n) is 3.80. The van der Waals surface area contributed by atoms with Crippen LogP contribution in [-0.4, -0.2) is 85.3 Å². The van der Waals surface area contributed by atoms with E-state index < -0.39 is 38.2 Å². The lowest BCUT2D eigenvalue weighted by molar-refractivity contribution is -0.271. The van der Waals surface area contributed by atoms with Crippen LogP contribution >= 0.6 is 7.60 Å². The zero-order chi connectivity index (χ0) is 19.7. The van der Waals surface area contributed by atoms with Crippen LogP contribution in [0.15, 0.2) is 0 Å². The molecule has 6 atom stereocenters. The van der Waals surface area contributed by atoms with Gasteiger partial charge in [-0.05, 0) is 19.3 Å². The molecular formula is C15H30NO9P. The van der Waals surface area contributed by atoms with Crippen molar-refractivity contribution in [1.82, 2.24) is 5.32 Å². The lowest BCUT2D eigenvalue weighted by Crippen LogP contribution is -2.64. The Hall–Kier alpha value is -0.580. The standard InChI is InChI=1S/C15H30NO9P/c1-10(17)16-12-14(19)13(18)11(9-22-2)25-15(12)23-7-5-4-6-8-24-26(3,20)21/h11-15,18-19H,4-9H2,1-3H3,(H,16,17)(H,20,21). The average molecular weight is 399 g/mol. The van der Waals surface area contributed by atoms with E-state index in [-0.39, 0.29) is 25.7 Å². The Morgan fingerprint density at radius 1 is 1.19 bits per heavy atom. The number of amides is 1. The second kappa shape index (κ2) is 11.3. The quantitative estimate of drug-likeness (QED) is 0.269. The second-order valence-electron chi connectivity index (χ2n) is 6.27. The lowest BCUT2D eigenvalue weighted by Gasteiger charge is -2.42. The van der Waals surface area contributed by atoms with Gasteiger partial charge in [-0.1, -0.05) is 0 Å². The Labute approximate surface area is 153 Å². The molecule has 1 rings (SSSR count). The fourth-order valence-electron chi connectivity index (χ4n) is 2.58. The number of methoxy groups -OCH3 is 1. The monoisotopic (exact) mass is 399 g/mol. The molecule has 0 radical (unpaired) electrons. The number of ether oxygens (including phenoxy) is 3. The molecule has 1 fully saturated rings. The molecule has 0 aromatic heterocycles. The van der Waals surface area contributed by atoms with Crippen molar-refractivity contribution in [3.8, 4) is 0 Å². The van der Waals surface area contributed by atoms with Crippen molar-refractivity contribution in [2.24, 2.45) is 0 Å². The highest BCUT2D eigenvalue weighted by Gasteiger charge is 2.45. The zero-order valence-corrected chi connectivity index (χ0v) is 16.3. The number of rotatable bonds is 11. The predicted octanol–water partition coefficient (Wildman–Crippen LogP) is -0.397. The lowest BCUT2D eigenvalue weighted by atomic mass is 9.97. The van der Waals surface area contributed by atoms with Gasteiger partial charge in [-0.25, -0.2) is 0 Å². The fourth-order valence-corrected chi connectivity index (χ4v) is 3.05. The Balaban J connectivity index is 2.46. The van der Waals surface area contributed by atoms with E-state index in [1.54, 1.807) is 0 Å². The van der Waals surface area contributed by atoms with Crippen LogP contribution < -0.4 is 5.32 Å². The maximum atomic E-state index is 11.3. The van der Waals surface area contributed by atoms with Gasteiger partial charge < -0.3 is 39.2 Å². The van der Waals surface area contributed by atoms with Gasteiger partial charge in [0.25, 0.3) is 0 Å². The third kappa shape index (κ3) is 8.41. The maximum Gasteiger partial charge on any atom is 0.325 e. The van der Waals surface area contributed by atoms with Crippen LogP contribution in [-0.2, 0) is 28.1 Å². The first-order valence-electron chi connectivity index (χ1n) is 8.49. The molecule has 11 heteroatoms. The van der Waals surface area contributed by atoms with Crippen LogP contribution in [0, 0.1) is 0 Å². The topological polar surface area (TPSA) is 144 Å². The van der Waals surface area contributed by atoms with Crippen LogP contribution in [0.4, 0.5) is 0 Å². The predicted molar refractivity (Wildman–Crippen MR) is 91.7 cm³/mol. The summed E-state index contributed by atoms with van der Waals surface area (Å²) in [6, 6.07) is -0.903. The first kappa shape index (κ1) is 23.5. The van der Waals surface area contributed by atoms with Crippen LogP contribution in [0.2, 0.25) is 0 Å². The molecule has 4 N–H and O–H groups in total. The van der Waals surface area contributed by atoms with Gasteiger partial charge >= 0.3 is 7.60 Å². The minimum absolute atomic E-state index is 0.0699. The summed E-state index contributed by atoms with van der Waals surface area (Å²) in [5.74, 6) is -0.381. The Bertz CT molecular complexity index is 472. The molecule has 154 valence electrons. The Morgan fingerprint density at radius 2 is 1.85 bits per heavy atom. The maximum absolute atomic E-state index is 11.3. The summed E-state index contributed by atoms with van der Waals surface area (Å²) in [5, 5.41) is 22.9. The van der Waals surface area contributed by atoms with Gasteiger partial charge in [0.1, 0.15) is 24.4 Å². The molecule has 0 aliphatic carbocycles. The smallest absolute Gasteiger partial charge is 0.325 e. The van der Waals surface area contributed by atoms with Crippen LogP contribution in [0.25, 0.3) is 0 Å². The molecule has 1 aliphatic heterocycles. The van der Waals surface area contributed by atoms with Crippen LogP contribution in [0.1, 0.15) is 26.2 Å². The first-order valence-corrected chi connectivity index (χ1v) is 10.5. The highest BCUT2D eigenvalue weighted by Crippen LogP contribution is 2.36. The number of nitrogens with one attached hydrogen (secondary N) is 1. The first-order chi connectivity index (χ1) is 12.2. The largest absolute Gasteiger partial charge is 0.388 e. The molecule has 1 amide bonds. The number of aliphatic hydroxyl groups excluding tert-OH is 2. The summed E-state index contributed by atoms with van der Waals surface area (Å²) in [6.45, 7) is 2.96. The van der Waals surface area contributed by atoms with E-state index in [2.05, 4.69) is 5.32 Å². The SMILES string of the molecule is COCC1OC(OCCCCCOP(C)(=O)O)C(NC(C)=O)C(O)C1O. The molecule has 0 aromatic carbocycles. The van der Waals surface area contributed by atoms with Gasteiger partial charge in [0.05, 0.1) is 13.2 Å². The van der Waals surface area contributed by atoms with Gasteiger partial charge in [-0.3, -0.25) is 9.36 Å². The summed E-state index contributed by atoms with van der Waals surface area (Å²) >= 11 is 0. The van der Waals surface area contributed by atoms with Gasteiger partial charge in [-0.15, -0.1) is 0 Å². The third-order valence-corrected chi connectivity index (χ3v) is 4.47. The number of hydrogen-bond donors (Lipinski definition) is 4. The zero-order valence-electron chi connectivity index (χ0n) is 15.4. The molecule has 0 saturated carbocycles. The number of aliphatic hydroxyl groups is 2. The number of carbonyl (C=O) groups excluding carboxylic acids is 1. The van der Waals surface area contributed by atoms with Crippen molar-refractivity contribution >= 4 is 13.5 Å². The molecule has 0 aromatic rings. The van der Waals surface area contributed by atoms with Crippen molar-refractivity contribution in [1.29, 1.82) is 0 Å². The molecule has 1 aliphatic rings. The normalized spacial score (nSPS) is 31.4. The van der Waals surface area contributed by atoms with Crippen molar-refractivity contribution in [3.05, 3.63) is 0 Å². The van der Waals surface area contributed by atoms with Crippen molar-refractivity contribution < 1.29 is 43.2 Å². The minimum atomic E-state index is -3.45. The molecule has 6 unspecified atom stereocenters. The summed E-state index contributed by atoms with van der Waals surface area (Å²) in [4.78, 5) is 20.4. The van der Waals surface area contributed by atoms with E-state index >= 15 is 0 Å². The Kier molecular flexibility index (Phi) is 10.2. The van der Waals surface area contributed by atoms with E-state index in [9.17, 15) is 19.6 Å². The molecular weight excluding hydrogens is 369 g/mol. The van der Waals surface area contributed by atoms with E-state index in [1.807, 2.05) is 0 Å². The molecule has 1 saturated heterocycles. The summed E-state index contributed by atoms with van der Waals surface area (Å²) < 4.78 is 32.0. The van der Waals surface area contributed by atoms with E-state index in [0.717, 1.165) is 6.66 Å². The van der Waals surface area contributed by atoms with E-state index in [0.29, 0.717) is 19.3 Å². The second-order valence-corrected chi connectivity index (χ2v) is 8.14. The average Bonchev–Trinajstić information content (AvgIpc) is 2.53. The molecule has 26 heavy (non-hydrogen) atoms. The number of carbonyl (C=O) groups is 1. The molecule has 0 spiro atoms. The van der Waals surface area contributed by atoms with Gasteiger partial charge in [0.2, 0.25) is 5.91 Å². The van der Waals surface area contributed by atoms with Gasteiger partial charge in [-0.2, -0.15) is 0 Å². The van der Waals surface area contributed by atoms with Crippen molar-refractivity contribution in [2.75, 3.05) is 33.6 Å². The summed E-state index contributed by atoms with van der Waals surface area (Å²) in [7, 11) is -2.00. The number of unbranched alkanes of at least 4 members (excludes halogenated alkanes) is 2. The highest BCUT2D eigenvalue weighted by molar-refractivity contribution is 7.51. The summed E-state index contributed by atoms with van der Waals surface area (Å²) in [5.41, 5.74) is 0. The molecule has 0 bridgehead atoms. The van der Waals surface area contributed by atoms with Gasteiger partial charge in [0.15, 0.2) is 6.29 Å². The Morgan fingerprint density at radius 3 is 2.42 bits per heavy atom. The van der Waals surface area contributed by atoms with Crippen LogP contribution in [0.3, 0.4) is 0 Å². The number of hydrogen-bond acceptors (Lipinski definition) is 8. The summed E-state index contributed by atoms with van der Waals surface area (Å²) in [6.07, 6.45) is -2.26. The van der Waals surface area contributed by atoms with Gasteiger partial charge in [0, 0.05) is 27.3 Å². The molecule has 10 nitrogen and oxygen atoms in total. The minimum Gasteiger partial charge on any atom is -0.388 e. The highest BCUT2D eigenvalue weighted by atomic mass is 31.2. The van der Waals surface area contributed by atoms with E-state index in [1.165, 1.54) is 14.0 Å². The van der Waals surface area contributed by atoms with Crippen LogP contribution in [0.5, 0.6) is 0 Å². The van der Waals surface area contributed by atoms with Crippen molar-refractivity contribution in [3.63, 3.8) is 0 Å².